The van der Waals surface area contributed by atoms with E-state index in [4.69, 9.17) is 0 Å². The number of nitrogens with one attached hydrogen (secondary N) is 1. The molecule has 0 spiro atoms. The summed E-state index contributed by atoms with van der Waals surface area (Å²) >= 11 is 0. The molecule has 190 valence electrons. The normalized spacial score (nSPS) is 25.2. The molecule has 1 aromatic carbocycles. The van der Waals surface area contributed by atoms with Crippen LogP contribution in [0.2, 0.25) is 0 Å². The summed E-state index contributed by atoms with van der Waals surface area (Å²) in [6.07, 6.45) is 10.5. The van der Waals surface area contributed by atoms with Crippen LogP contribution in [0.1, 0.15) is 95.2 Å². The number of hydrazine groups is 1. The fourth-order valence-electron chi connectivity index (χ4n) is 6.71. The fraction of sp³-hybridized carbons (Fsp3) is 0.679. The highest BCUT2D eigenvalue weighted by atomic mass is 16.2. The fourth-order valence-corrected chi connectivity index (χ4v) is 6.71. The van der Waals surface area contributed by atoms with Crippen LogP contribution < -0.4 is 10.4 Å². The van der Waals surface area contributed by atoms with Gasteiger partial charge in [-0.25, -0.2) is 0 Å². The Labute approximate surface area is 210 Å². The molecule has 3 aliphatic rings. The van der Waals surface area contributed by atoms with Crippen LogP contribution in [0, 0.1) is 12.8 Å². The Morgan fingerprint density at radius 2 is 1.69 bits per heavy atom. The molecule has 3 fully saturated rings. The number of aromatic nitrogens is 3. The minimum absolute atomic E-state index is 0.157. The third-order valence-electron chi connectivity index (χ3n) is 8.50. The second-order valence-corrected chi connectivity index (χ2v) is 11.2. The highest BCUT2D eigenvalue weighted by Crippen LogP contribution is 2.42. The molecule has 1 aromatic heterocycles. The van der Waals surface area contributed by atoms with E-state index >= 15 is 0 Å². The van der Waals surface area contributed by atoms with Crippen molar-refractivity contribution in [3.05, 3.63) is 42.0 Å². The number of piperidine rings is 1. The third-order valence-corrected chi connectivity index (χ3v) is 8.50. The van der Waals surface area contributed by atoms with Crippen molar-refractivity contribution in [3.8, 4) is 0 Å². The van der Waals surface area contributed by atoms with Crippen LogP contribution in [-0.2, 0) is 4.79 Å². The summed E-state index contributed by atoms with van der Waals surface area (Å²) in [5.41, 5.74) is 4.37. The maximum atomic E-state index is 13.1. The number of nitrogens with zero attached hydrogens (tertiary/aromatic N) is 5. The lowest BCUT2D eigenvalue weighted by Crippen LogP contribution is -2.51. The summed E-state index contributed by atoms with van der Waals surface area (Å²) in [4.78, 5) is 15.8. The molecule has 2 atom stereocenters. The van der Waals surface area contributed by atoms with Crippen molar-refractivity contribution in [3.63, 3.8) is 0 Å². The number of amides is 1. The maximum Gasteiger partial charge on any atom is 0.241 e. The highest BCUT2D eigenvalue weighted by molar-refractivity contribution is 5.80. The second-order valence-electron chi connectivity index (χ2n) is 11.2. The molecule has 1 saturated carbocycles. The monoisotopic (exact) mass is 478 g/mol. The van der Waals surface area contributed by atoms with E-state index in [2.05, 4.69) is 75.1 Å². The molecule has 35 heavy (non-hydrogen) atoms. The van der Waals surface area contributed by atoms with Crippen LogP contribution in [-0.4, -0.2) is 50.7 Å². The molecule has 2 aliphatic heterocycles. The number of hydrogen-bond donors (Lipinski definition) is 1. The first-order chi connectivity index (χ1) is 17.0. The van der Waals surface area contributed by atoms with Gasteiger partial charge in [0.05, 0.1) is 12.2 Å². The summed E-state index contributed by atoms with van der Waals surface area (Å²) in [7, 11) is 0. The Morgan fingerprint density at radius 1 is 1.00 bits per heavy atom. The number of benzene rings is 1. The zero-order valence-electron chi connectivity index (χ0n) is 21.7. The predicted molar refractivity (Wildman–Crippen MR) is 139 cm³/mol. The number of hydrogen-bond acceptors (Lipinski definition) is 5. The summed E-state index contributed by atoms with van der Waals surface area (Å²) in [5.74, 6) is 2.91. The molecule has 2 bridgehead atoms. The molecule has 1 amide bonds. The van der Waals surface area contributed by atoms with Gasteiger partial charge >= 0.3 is 0 Å². The number of rotatable bonds is 8. The standard InChI is InChI=1S/C28H42N6O/c1-20(2)27-30-29-21(3)34(27)26-18-24-14-15-25(19-26)32(24)16-17-33(23-12-8-5-9-13-23)31-28(35)22-10-6-4-7-11-22/h5,8-9,12-13,20,22,24-26H,4,6-7,10-11,14-19H2,1-3H3,(H,31,35)/t24-,25-/m1/s1. The average Bonchev–Trinajstić information content (AvgIpc) is 3.38. The molecule has 2 aromatic rings. The second kappa shape index (κ2) is 10.7. The lowest BCUT2D eigenvalue weighted by molar-refractivity contribution is -0.126. The average molecular weight is 479 g/mol. The third kappa shape index (κ3) is 5.25. The van der Waals surface area contributed by atoms with Gasteiger partial charge in [0, 0.05) is 36.5 Å². The van der Waals surface area contributed by atoms with Gasteiger partial charge in [0.2, 0.25) is 5.91 Å². The minimum Gasteiger partial charge on any atom is -0.312 e. The Balaban J connectivity index is 1.25. The maximum absolute atomic E-state index is 13.1. The minimum atomic E-state index is 0.157. The Kier molecular flexibility index (Phi) is 7.42. The van der Waals surface area contributed by atoms with E-state index in [1.54, 1.807) is 0 Å². The van der Waals surface area contributed by atoms with Gasteiger partial charge in [-0.3, -0.25) is 20.1 Å². The van der Waals surface area contributed by atoms with Crippen molar-refractivity contribution in [2.75, 3.05) is 18.1 Å². The van der Waals surface area contributed by atoms with Gasteiger partial charge in [-0.1, -0.05) is 51.3 Å². The van der Waals surface area contributed by atoms with E-state index in [0.717, 1.165) is 56.1 Å². The predicted octanol–water partition coefficient (Wildman–Crippen LogP) is 5.00. The molecule has 1 N–H and O–H groups in total. The van der Waals surface area contributed by atoms with Gasteiger partial charge in [0.25, 0.3) is 0 Å². The van der Waals surface area contributed by atoms with Crippen LogP contribution >= 0.6 is 0 Å². The van der Waals surface area contributed by atoms with Crippen LogP contribution in [0.15, 0.2) is 30.3 Å². The number of fused-ring (bicyclic) bond motifs is 2. The zero-order valence-corrected chi connectivity index (χ0v) is 21.7. The van der Waals surface area contributed by atoms with Gasteiger partial charge in [-0.15, -0.1) is 10.2 Å². The number of aryl methyl sites for hydroxylation is 1. The van der Waals surface area contributed by atoms with Crippen molar-refractivity contribution in [1.29, 1.82) is 0 Å². The van der Waals surface area contributed by atoms with Gasteiger partial charge in [-0.05, 0) is 57.6 Å². The summed E-state index contributed by atoms with van der Waals surface area (Å²) < 4.78 is 2.42. The van der Waals surface area contributed by atoms with Crippen LogP contribution in [0.5, 0.6) is 0 Å². The Morgan fingerprint density at radius 3 is 2.34 bits per heavy atom. The lowest BCUT2D eigenvalue weighted by atomic mass is 9.89. The first-order valence-electron chi connectivity index (χ1n) is 13.8. The molecule has 7 heteroatoms. The van der Waals surface area contributed by atoms with Crippen molar-refractivity contribution in [2.45, 2.75) is 103 Å². The lowest BCUT2D eigenvalue weighted by Gasteiger charge is -2.41. The van der Waals surface area contributed by atoms with Gasteiger partial charge in [0.1, 0.15) is 11.6 Å². The smallest absolute Gasteiger partial charge is 0.241 e. The topological polar surface area (TPSA) is 66.3 Å². The van der Waals surface area contributed by atoms with E-state index in [0.29, 0.717) is 24.0 Å². The molecular weight excluding hydrogens is 436 g/mol. The Hall–Kier alpha value is -2.41. The number of anilines is 1. The Bertz CT molecular complexity index is 969. The molecular formula is C28H42N6O. The first kappa shape index (κ1) is 24.3. The number of para-hydroxylation sites is 1. The summed E-state index contributed by atoms with van der Waals surface area (Å²) in [6.45, 7) is 8.30. The number of carbonyl (C=O) groups excluding carboxylic acids is 1. The van der Waals surface area contributed by atoms with Crippen molar-refractivity contribution in [2.24, 2.45) is 5.92 Å². The highest BCUT2D eigenvalue weighted by Gasteiger charge is 2.42. The quantitative estimate of drug-likeness (QED) is 0.541. The SMILES string of the molecule is Cc1nnc(C(C)C)n1C1C[C@H]2CC[C@H](C1)N2CCN(NC(=O)C1CCCCC1)c1ccccc1. The number of carbonyl (C=O) groups is 1. The molecule has 5 rings (SSSR count). The van der Waals surface area contributed by atoms with E-state index in [9.17, 15) is 4.79 Å². The van der Waals surface area contributed by atoms with Gasteiger partial charge in [-0.2, -0.15) is 0 Å². The molecule has 7 nitrogen and oxygen atoms in total. The first-order valence-corrected chi connectivity index (χ1v) is 13.8. The van der Waals surface area contributed by atoms with Crippen LogP contribution in [0.25, 0.3) is 0 Å². The zero-order chi connectivity index (χ0) is 24.4. The van der Waals surface area contributed by atoms with E-state index in [1.165, 1.54) is 32.1 Å². The van der Waals surface area contributed by atoms with E-state index in [-0.39, 0.29) is 11.8 Å². The van der Waals surface area contributed by atoms with Gasteiger partial charge in [0.15, 0.2) is 0 Å². The summed E-state index contributed by atoms with van der Waals surface area (Å²) in [6, 6.07) is 12.0. The largest absolute Gasteiger partial charge is 0.312 e. The molecule has 0 unspecified atom stereocenters. The van der Waals surface area contributed by atoms with E-state index < -0.39 is 0 Å². The van der Waals surface area contributed by atoms with Crippen LogP contribution in [0.3, 0.4) is 0 Å². The van der Waals surface area contributed by atoms with E-state index in [1.807, 2.05) is 6.07 Å². The molecule has 3 heterocycles. The summed E-state index contributed by atoms with van der Waals surface area (Å²) in [5, 5.41) is 11.0. The van der Waals surface area contributed by atoms with Crippen molar-refractivity contribution < 1.29 is 4.79 Å². The molecule has 2 saturated heterocycles. The van der Waals surface area contributed by atoms with Crippen LogP contribution in [0.4, 0.5) is 5.69 Å². The van der Waals surface area contributed by atoms with Gasteiger partial charge < -0.3 is 4.57 Å². The molecule has 0 radical (unpaired) electrons. The van der Waals surface area contributed by atoms with Crippen molar-refractivity contribution in [1.82, 2.24) is 25.1 Å². The van der Waals surface area contributed by atoms with Crippen molar-refractivity contribution >= 4 is 11.6 Å². The molecule has 1 aliphatic carbocycles.